The second-order valence-electron chi connectivity index (χ2n) is 7.78. The summed E-state index contributed by atoms with van der Waals surface area (Å²) in [7, 11) is 0. The van der Waals surface area contributed by atoms with Crippen molar-refractivity contribution in [2.75, 3.05) is 0 Å². The van der Waals surface area contributed by atoms with Gasteiger partial charge in [0.2, 0.25) is 0 Å². The van der Waals surface area contributed by atoms with Crippen molar-refractivity contribution in [2.24, 2.45) is 0 Å². The highest BCUT2D eigenvalue weighted by molar-refractivity contribution is 5.38. The van der Waals surface area contributed by atoms with Gasteiger partial charge in [-0.1, -0.05) is 121 Å². The second kappa shape index (κ2) is 8.66. The molecule has 0 amide bonds. The molecular weight excluding hydrogens is 368 g/mol. The minimum Gasteiger partial charge on any atom is -0.381 e. The molecule has 0 aliphatic heterocycles. The molecule has 0 fully saturated rings. The predicted molar refractivity (Wildman–Crippen MR) is 121 cm³/mol. The molecule has 0 saturated heterocycles. The van der Waals surface area contributed by atoms with Crippen molar-refractivity contribution >= 4 is 0 Å². The summed E-state index contributed by atoms with van der Waals surface area (Å²) in [5.74, 6) is 0. The van der Waals surface area contributed by atoms with Gasteiger partial charge in [-0.15, -0.1) is 0 Å². The molecule has 30 heavy (non-hydrogen) atoms. The average Bonchev–Trinajstić information content (AvgIpc) is 2.81. The Morgan fingerprint density at radius 1 is 0.400 bits per heavy atom. The van der Waals surface area contributed by atoms with E-state index >= 15 is 0 Å². The van der Waals surface area contributed by atoms with E-state index in [2.05, 4.69) is 0 Å². The van der Waals surface area contributed by atoms with Crippen LogP contribution in [0, 0.1) is 0 Å². The molecular formula is C28H26O2. The molecule has 4 rings (SSSR count). The summed E-state index contributed by atoms with van der Waals surface area (Å²) < 4.78 is 0. The molecule has 0 radical (unpaired) electrons. The first-order chi connectivity index (χ1) is 14.6. The summed E-state index contributed by atoms with van der Waals surface area (Å²) in [5.41, 5.74) is 0.240. The normalized spacial score (nSPS) is 15.1. The molecule has 0 heterocycles. The van der Waals surface area contributed by atoms with Crippen LogP contribution in [0.3, 0.4) is 0 Å². The Hall–Kier alpha value is -3.20. The van der Waals surface area contributed by atoms with Crippen molar-refractivity contribution in [2.45, 2.75) is 24.0 Å². The summed E-state index contributed by atoms with van der Waals surface area (Å²) in [4.78, 5) is 0. The van der Waals surface area contributed by atoms with E-state index < -0.39 is 11.2 Å². The van der Waals surface area contributed by atoms with Gasteiger partial charge in [-0.25, -0.2) is 0 Å². The van der Waals surface area contributed by atoms with E-state index in [-0.39, 0.29) is 12.8 Å². The lowest BCUT2D eigenvalue weighted by Gasteiger charge is -2.45. The fraction of sp³-hybridized carbons (Fsp3) is 0.143. The van der Waals surface area contributed by atoms with Crippen LogP contribution in [0.1, 0.15) is 22.3 Å². The first-order valence-corrected chi connectivity index (χ1v) is 10.3. The Bertz CT molecular complexity index is 960. The highest BCUT2D eigenvalue weighted by Crippen LogP contribution is 2.45. The molecule has 2 atom stereocenters. The summed E-state index contributed by atoms with van der Waals surface area (Å²) in [6, 6.07) is 38.7. The number of hydrogen-bond donors (Lipinski definition) is 2. The number of rotatable bonds is 7. The van der Waals surface area contributed by atoms with Gasteiger partial charge in [-0.2, -0.15) is 0 Å². The van der Waals surface area contributed by atoms with Crippen LogP contribution < -0.4 is 0 Å². The quantitative estimate of drug-likeness (QED) is 0.450. The molecule has 0 aromatic heterocycles. The molecule has 2 unspecified atom stereocenters. The predicted octanol–water partition coefficient (Wildman–Crippen LogP) is 5.25. The largest absolute Gasteiger partial charge is 0.381 e. The number of aliphatic hydroxyl groups is 2. The molecule has 4 aromatic carbocycles. The van der Waals surface area contributed by atoms with Gasteiger partial charge in [-0.3, -0.25) is 0 Å². The molecule has 0 spiro atoms. The van der Waals surface area contributed by atoms with Crippen LogP contribution in [0.5, 0.6) is 0 Å². The maximum Gasteiger partial charge on any atom is 0.127 e. The Kier molecular flexibility index (Phi) is 5.80. The third kappa shape index (κ3) is 3.93. The van der Waals surface area contributed by atoms with E-state index in [1.54, 1.807) is 0 Å². The molecule has 4 aromatic rings. The molecule has 0 aliphatic carbocycles. The topological polar surface area (TPSA) is 40.5 Å². The highest BCUT2D eigenvalue weighted by atomic mass is 16.4. The van der Waals surface area contributed by atoms with E-state index in [0.717, 1.165) is 11.1 Å². The van der Waals surface area contributed by atoms with Gasteiger partial charge >= 0.3 is 0 Å². The highest BCUT2D eigenvalue weighted by Gasteiger charge is 2.51. The number of benzene rings is 4. The van der Waals surface area contributed by atoms with Gasteiger partial charge in [0.25, 0.3) is 0 Å². The first-order valence-electron chi connectivity index (χ1n) is 10.3. The van der Waals surface area contributed by atoms with Crippen LogP contribution in [0.25, 0.3) is 0 Å². The zero-order valence-corrected chi connectivity index (χ0v) is 16.9. The van der Waals surface area contributed by atoms with Crippen molar-refractivity contribution in [1.82, 2.24) is 0 Å². The monoisotopic (exact) mass is 394 g/mol. The van der Waals surface area contributed by atoms with Crippen molar-refractivity contribution in [3.05, 3.63) is 144 Å². The zero-order chi connectivity index (χ0) is 20.9. The van der Waals surface area contributed by atoms with Gasteiger partial charge in [0, 0.05) is 12.8 Å². The van der Waals surface area contributed by atoms with Gasteiger partial charge in [0.05, 0.1) is 0 Å². The third-order valence-electron chi connectivity index (χ3n) is 5.79. The molecule has 150 valence electrons. The lowest BCUT2D eigenvalue weighted by Crippen LogP contribution is -2.52. The van der Waals surface area contributed by atoms with E-state index in [4.69, 9.17) is 0 Å². The Morgan fingerprint density at radius 3 is 0.967 bits per heavy atom. The van der Waals surface area contributed by atoms with Crippen molar-refractivity contribution in [1.29, 1.82) is 0 Å². The second-order valence-corrected chi connectivity index (χ2v) is 7.78. The van der Waals surface area contributed by atoms with E-state index in [0.29, 0.717) is 11.1 Å². The van der Waals surface area contributed by atoms with E-state index in [1.807, 2.05) is 121 Å². The molecule has 2 N–H and O–H groups in total. The molecule has 2 heteroatoms. The van der Waals surface area contributed by atoms with Gasteiger partial charge < -0.3 is 10.2 Å². The maximum atomic E-state index is 12.3. The smallest absolute Gasteiger partial charge is 0.127 e. The summed E-state index contributed by atoms with van der Waals surface area (Å²) >= 11 is 0. The molecule has 0 saturated carbocycles. The van der Waals surface area contributed by atoms with Crippen molar-refractivity contribution in [3.8, 4) is 0 Å². The van der Waals surface area contributed by atoms with E-state index in [1.165, 1.54) is 0 Å². The van der Waals surface area contributed by atoms with Gasteiger partial charge in [-0.05, 0) is 22.3 Å². The van der Waals surface area contributed by atoms with Crippen LogP contribution in [-0.4, -0.2) is 10.2 Å². The van der Waals surface area contributed by atoms with Gasteiger partial charge in [0.15, 0.2) is 0 Å². The lowest BCUT2D eigenvalue weighted by molar-refractivity contribution is -0.165. The zero-order valence-electron chi connectivity index (χ0n) is 16.9. The first kappa shape index (κ1) is 20.1. The van der Waals surface area contributed by atoms with Crippen LogP contribution in [0.4, 0.5) is 0 Å². The minimum atomic E-state index is -1.53. The van der Waals surface area contributed by atoms with Crippen LogP contribution in [0.2, 0.25) is 0 Å². The fourth-order valence-corrected chi connectivity index (χ4v) is 4.18. The van der Waals surface area contributed by atoms with Crippen molar-refractivity contribution < 1.29 is 10.2 Å². The standard InChI is InChI=1S/C28H26O2/c29-27(25-17-9-3-10-18-25,21-23-13-5-1-6-14-23)28(30,26-19-11-4-12-20-26)22-24-15-7-2-8-16-24/h1-20,29-30H,21-22H2. The van der Waals surface area contributed by atoms with Crippen LogP contribution in [-0.2, 0) is 24.0 Å². The van der Waals surface area contributed by atoms with Crippen LogP contribution >= 0.6 is 0 Å². The maximum absolute atomic E-state index is 12.3. The average molecular weight is 395 g/mol. The molecule has 0 bridgehead atoms. The molecule has 2 nitrogen and oxygen atoms in total. The van der Waals surface area contributed by atoms with Crippen molar-refractivity contribution in [3.63, 3.8) is 0 Å². The Morgan fingerprint density at radius 2 is 0.667 bits per heavy atom. The summed E-state index contributed by atoms with van der Waals surface area (Å²) in [5, 5.41) is 24.6. The third-order valence-corrected chi connectivity index (χ3v) is 5.79. The summed E-state index contributed by atoms with van der Waals surface area (Å²) in [6.07, 6.45) is 0.576. The van der Waals surface area contributed by atoms with Crippen LogP contribution in [0.15, 0.2) is 121 Å². The fourth-order valence-electron chi connectivity index (χ4n) is 4.18. The van der Waals surface area contributed by atoms with Gasteiger partial charge in [0.1, 0.15) is 11.2 Å². The number of hydrogen-bond acceptors (Lipinski definition) is 2. The Balaban J connectivity index is 1.91. The molecule has 0 aliphatic rings. The van der Waals surface area contributed by atoms with E-state index in [9.17, 15) is 10.2 Å². The SMILES string of the molecule is OC(Cc1ccccc1)(c1ccccc1)C(O)(Cc1ccccc1)c1ccccc1. The minimum absolute atomic E-state index is 0.288. The summed E-state index contributed by atoms with van der Waals surface area (Å²) in [6.45, 7) is 0. The lowest BCUT2D eigenvalue weighted by atomic mass is 9.67. The Labute approximate surface area is 178 Å².